The summed E-state index contributed by atoms with van der Waals surface area (Å²) in [6.45, 7) is 10.2. The van der Waals surface area contributed by atoms with Crippen molar-refractivity contribution in [3.05, 3.63) is 29.1 Å². The van der Waals surface area contributed by atoms with Crippen molar-refractivity contribution >= 4 is 5.97 Å². The van der Waals surface area contributed by atoms with Crippen LogP contribution in [0.15, 0.2) is 12.1 Å². The molecule has 0 saturated carbocycles. The van der Waals surface area contributed by atoms with Crippen molar-refractivity contribution in [1.82, 2.24) is 4.98 Å². The second-order valence-electron chi connectivity index (χ2n) is 5.50. The average Bonchev–Trinajstić information content (AvgIpc) is 2.25. The first-order valence-electron chi connectivity index (χ1n) is 6.02. The van der Waals surface area contributed by atoms with Crippen LogP contribution in [-0.4, -0.2) is 16.1 Å². The van der Waals surface area contributed by atoms with Crippen molar-refractivity contribution in [3.63, 3.8) is 0 Å². The number of carboxylic acid groups (broad SMARTS) is 1. The van der Waals surface area contributed by atoms with E-state index in [-0.39, 0.29) is 5.41 Å². The summed E-state index contributed by atoms with van der Waals surface area (Å²) in [4.78, 5) is 15.7. The number of rotatable bonds is 3. The Kier molecular flexibility index (Phi) is 3.91. The van der Waals surface area contributed by atoms with Gasteiger partial charge in [0.15, 0.2) is 0 Å². The van der Waals surface area contributed by atoms with E-state index in [0.717, 1.165) is 12.1 Å². The van der Waals surface area contributed by atoms with Gasteiger partial charge in [-0.3, -0.25) is 4.98 Å². The summed E-state index contributed by atoms with van der Waals surface area (Å²) in [7, 11) is 0. The van der Waals surface area contributed by atoms with Gasteiger partial charge in [0, 0.05) is 11.1 Å². The zero-order valence-corrected chi connectivity index (χ0v) is 11.2. The summed E-state index contributed by atoms with van der Waals surface area (Å²) in [6, 6.07) is 3.50. The largest absolute Gasteiger partial charge is 0.478 e. The molecule has 1 atom stereocenters. The first kappa shape index (κ1) is 13.7. The van der Waals surface area contributed by atoms with Crippen LogP contribution in [0.5, 0.6) is 0 Å². The lowest BCUT2D eigenvalue weighted by Crippen LogP contribution is -2.20. The molecule has 94 valence electrons. The third-order valence-corrected chi connectivity index (χ3v) is 2.97. The van der Waals surface area contributed by atoms with Crippen LogP contribution in [0.2, 0.25) is 0 Å². The first-order valence-corrected chi connectivity index (χ1v) is 6.02. The molecule has 0 radical (unpaired) electrons. The molecule has 1 unspecified atom stereocenters. The van der Waals surface area contributed by atoms with Gasteiger partial charge in [0.2, 0.25) is 0 Å². The maximum absolute atomic E-state index is 11.2. The molecule has 0 spiro atoms. The Morgan fingerprint density at radius 2 is 2.00 bits per heavy atom. The summed E-state index contributed by atoms with van der Waals surface area (Å²) in [5.41, 5.74) is 1.70. The highest BCUT2D eigenvalue weighted by Crippen LogP contribution is 2.27. The Bertz CT molecular complexity index is 419. The third kappa shape index (κ3) is 3.05. The van der Waals surface area contributed by atoms with Gasteiger partial charge < -0.3 is 5.11 Å². The Labute approximate surface area is 103 Å². The molecule has 0 fully saturated rings. The minimum atomic E-state index is -0.905. The van der Waals surface area contributed by atoms with Crippen LogP contribution in [0, 0.1) is 0 Å². The molecule has 0 aliphatic rings. The SMILES string of the molecule is CCC(C)c1ccc(C(=O)O)c(C(C)(C)C)n1. The number of hydrogen-bond donors (Lipinski definition) is 1. The van der Waals surface area contributed by atoms with Gasteiger partial charge in [-0.25, -0.2) is 4.79 Å². The Balaban J connectivity index is 3.35. The normalized spacial score (nSPS) is 13.5. The van der Waals surface area contributed by atoms with E-state index in [1.807, 2.05) is 26.8 Å². The monoisotopic (exact) mass is 235 g/mol. The molecule has 0 aliphatic carbocycles. The summed E-state index contributed by atoms with van der Waals surface area (Å²) in [6.07, 6.45) is 1.00. The van der Waals surface area contributed by atoms with Gasteiger partial charge in [0.1, 0.15) is 0 Å². The molecule has 0 amide bonds. The first-order chi connectivity index (χ1) is 7.77. The zero-order valence-electron chi connectivity index (χ0n) is 11.2. The van der Waals surface area contributed by atoms with Crippen LogP contribution in [0.4, 0.5) is 0 Å². The molecule has 3 nitrogen and oxygen atoms in total. The lowest BCUT2D eigenvalue weighted by Gasteiger charge is -2.22. The third-order valence-electron chi connectivity index (χ3n) is 2.97. The van der Waals surface area contributed by atoms with E-state index < -0.39 is 5.97 Å². The fraction of sp³-hybridized carbons (Fsp3) is 0.571. The summed E-state index contributed by atoms with van der Waals surface area (Å²) >= 11 is 0. The molecule has 0 aliphatic heterocycles. The summed E-state index contributed by atoms with van der Waals surface area (Å²) in [5, 5.41) is 9.18. The molecule has 3 heteroatoms. The summed E-state index contributed by atoms with van der Waals surface area (Å²) in [5.74, 6) is -0.544. The maximum Gasteiger partial charge on any atom is 0.337 e. The minimum absolute atomic E-state index is 0.253. The van der Waals surface area contributed by atoms with Crippen LogP contribution in [0.1, 0.15) is 68.7 Å². The predicted octanol–water partition coefficient (Wildman–Crippen LogP) is 3.59. The van der Waals surface area contributed by atoms with Crippen molar-refractivity contribution in [2.24, 2.45) is 0 Å². The van der Waals surface area contributed by atoms with Crippen LogP contribution in [-0.2, 0) is 5.41 Å². The average molecular weight is 235 g/mol. The van der Waals surface area contributed by atoms with Crippen molar-refractivity contribution < 1.29 is 9.90 Å². The van der Waals surface area contributed by atoms with Crippen molar-refractivity contribution in [2.45, 2.75) is 52.4 Å². The molecule has 1 aromatic rings. The van der Waals surface area contributed by atoms with E-state index in [0.29, 0.717) is 17.2 Å². The van der Waals surface area contributed by atoms with Gasteiger partial charge in [0.25, 0.3) is 0 Å². The summed E-state index contributed by atoms with van der Waals surface area (Å²) < 4.78 is 0. The fourth-order valence-corrected chi connectivity index (χ4v) is 1.70. The van der Waals surface area contributed by atoms with Gasteiger partial charge in [0.05, 0.1) is 11.3 Å². The molecule has 0 aromatic carbocycles. The van der Waals surface area contributed by atoms with E-state index >= 15 is 0 Å². The van der Waals surface area contributed by atoms with Crippen LogP contribution < -0.4 is 0 Å². The van der Waals surface area contributed by atoms with Gasteiger partial charge in [-0.2, -0.15) is 0 Å². The second-order valence-corrected chi connectivity index (χ2v) is 5.50. The Morgan fingerprint density at radius 1 is 1.41 bits per heavy atom. The molecular formula is C14H21NO2. The fourth-order valence-electron chi connectivity index (χ4n) is 1.70. The lowest BCUT2D eigenvalue weighted by atomic mass is 9.87. The standard InChI is InChI=1S/C14H21NO2/c1-6-9(2)11-8-7-10(13(16)17)12(15-11)14(3,4)5/h7-9H,6H2,1-5H3,(H,16,17). The topological polar surface area (TPSA) is 50.2 Å². The van der Waals surface area contributed by atoms with E-state index in [9.17, 15) is 9.90 Å². The number of pyridine rings is 1. The number of nitrogens with zero attached hydrogens (tertiary/aromatic N) is 1. The highest BCUT2D eigenvalue weighted by molar-refractivity contribution is 5.89. The number of carbonyl (C=O) groups is 1. The number of aromatic nitrogens is 1. The van der Waals surface area contributed by atoms with Gasteiger partial charge in [-0.1, -0.05) is 34.6 Å². The molecule has 1 N–H and O–H groups in total. The molecule has 1 rings (SSSR count). The second kappa shape index (κ2) is 4.86. The molecule has 0 bridgehead atoms. The highest BCUT2D eigenvalue weighted by Gasteiger charge is 2.24. The smallest absolute Gasteiger partial charge is 0.337 e. The maximum atomic E-state index is 11.2. The lowest BCUT2D eigenvalue weighted by molar-refractivity contribution is 0.0693. The molecule has 1 heterocycles. The van der Waals surface area contributed by atoms with Gasteiger partial charge in [-0.05, 0) is 24.5 Å². The van der Waals surface area contributed by atoms with Crippen LogP contribution in [0.25, 0.3) is 0 Å². The Morgan fingerprint density at radius 3 is 2.41 bits per heavy atom. The Hall–Kier alpha value is -1.38. The van der Waals surface area contributed by atoms with E-state index in [4.69, 9.17) is 0 Å². The number of hydrogen-bond acceptors (Lipinski definition) is 2. The van der Waals surface area contributed by atoms with Gasteiger partial charge in [-0.15, -0.1) is 0 Å². The molecule has 17 heavy (non-hydrogen) atoms. The molecule has 1 aromatic heterocycles. The highest BCUT2D eigenvalue weighted by atomic mass is 16.4. The van der Waals surface area contributed by atoms with Crippen molar-refractivity contribution in [1.29, 1.82) is 0 Å². The van der Waals surface area contributed by atoms with Gasteiger partial charge >= 0.3 is 5.97 Å². The van der Waals surface area contributed by atoms with Crippen LogP contribution >= 0.6 is 0 Å². The minimum Gasteiger partial charge on any atom is -0.478 e. The van der Waals surface area contributed by atoms with E-state index in [2.05, 4.69) is 18.8 Å². The number of carboxylic acids is 1. The van der Waals surface area contributed by atoms with Crippen molar-refractivity contribution in [2.75, 3.05) is 0 Å². The van der Waals surface area contributed by atoms with Crippen molar-refractivity contribution in [3.8, 4) is 0 Å². The molecular weight excluding hydrogens is 214 g/mol. The van der Waals surface area contributed by atoms with Crippen LogP contribution in [0.3, 0.4) is 0 Å². The van der Waals surface area contributed by atoms with E-state index in [1.54, 1.807) is 6.07 Å². The zero-order chi connectivity index (χ0) is 13.2. The molecule has 0 saturated heterocycles. The van der Waals surface area contributed by atoms with E-state index in [1.165, 1.54) is 0 Å². The number of aromatic carboxylic acids is 1. The predicted molar refractivity (Wildman–Crippen MR) is 68.6 cm³/mol. The quantitative estimate of drug-likeness (QED) is 0.871.